The first-order valence-electron chi connectivity index (χ1n) is 10.1. The van der Waals surface area contributed by atoms with Crippen LogP contribution in [-0.4, -0.2) is 41.5 Å². The van der Waals surface area contributed by atoms with E-state index >= 15 is 0 Å². The Morgan fingerprint density at radius 1 is 1.27 bits per heavy atom. The molecule has 0 atom stereocenters. The molecule has 6 nitrogen and oxygen atoms in total. The molecule has 1 saturated heterocycles. The number of ether oxygens (including phenoxy) is 1. The van der Waals surface area contributed by atoms with Gasteiger partial charge in [-0.1, -0.05) is 32.4 Å². The Hall–Kier alpha value is -2.12. The van der Waals surface area contributed by atoms with E-state index in [1.165, 1.54) is 18.4 Å². The van der Waals surface area contributed by atoms with Crippen molar-refractivity contribution in [2.24, 2.45) is 4.99 Å². The fourth-order valence-corrected chi connectivity index (χ4v) is 4.54. The Bertz CT molecular complexity index is 1000. The van der Waals surface area contributed by atoms with Crippen molar-refractivity contribution in [3.8, 4) is 5.75 Å². The molecule has 2 amide bonds. The average Bonchev–Trinajstić information content (AvgIpc) is 3.10. The maximum atomic E-state index is 12.9. The summed E-state index contributed by atoms with van der Waals surface area (Å²) in [5.74, 6) is 0.233. The van der Waals surface area contributed by atoms with E-state index in [0.29, 0.717) is 40.6 Å². The summed E-state index contributed by atoms with van der Waals surface area (Å²) in [4.78, 5) is 33.1. The molecule has 1 aromatic carbocycles. The van der Waals surface area contributed by atoms with Crippen LogP contribution in [0.25, 0.3) is 0 Å². The molecule has 3 rings (SSSR count). The van der Waals surface area contributed by atoms with E-state index in [4.69, 9.17) is 16.3 Å². The van der Waals surface area contributed by atoms with Gasteiger partial charge in [0.1, 0.15) is 5.75 Å². The predicted octanol–water partition coefficient (Wildman–Crippen LogP) is 4.26. The van der Waals surface area contributed by atoms with Crippen LogP contribution >= 0.6 is 22.9 Å². The number of aromatic nitrogens is 1. The first-order chi connectivity index (χ1) is 14.2. The highest BCUT2D eigenvalue weighted by Crippen LogP contribution is 2.26. The zero-order chi connectivity index (χ0) is 21.9. The number of amides is 2. The normalized spacial score (nSPS) is 15.6. The number of carbonyl (C=O) groups excluding carboxylic acids is 2. The van der Waals surface area contributed by atoms with E-state index in [2.05, 4.69) is 25.8 Å². The van der Waals surface area contributed by atoms with Gasteiger partial charge in [-0.15, -0.1) is 11.3 Å². The van der Waals surface area contributed by atoms with Gasteiger partial charge < -0.3 is 14.2 Å². The fourth-order valence-electron chi connectivity index (χ4n) is 3.30. The highest BCUT2D eigenvalue weighted by atomic mass is 35.5. The van der Waals surface area contributed by atoms with Crippen molar-refractivity contribution in [3.63, 3.8) is 0 Å². The van der Waals surface area contributed by atoms with Crippen LogP contribution in [0.1, 0.15) is 55.3 Å². The lowest BCUT2D eigenvalue weighted by Crippen LogP contribution is -2.38. The van der Waals surface area contributed by atoms with E-state index in [0.717, 1.165) is 24.3 Å². The van der Waals surface area contributed by atoms with Gasteiger partial charge in [-0.25, -0.2) is 0 Å². The van der Waals surface area contributed by atoms with E-state index in [9.17, 15) is 9.59 Å². The number of hydrogen-bond acceptors (Lipinski definition) is 4. The van der Waals surface area contributed by atoms with Crippen molar-refractivity contribution < 1.29 is 14.3 Å². The number of methoxy groups -OCH3 is 1. The highest BCUT2D eigenvalue weighted by molar-refractivity contribution is 7.09. The van der Waals surface area contributed by atoms with E-state index in [1.54, 1.807) is 18.2 Å². The molecule has 8 heteroatoms. The Kier molecular flexibility index (Phi) is 7.03. The molecule has 1 aromatic heterocycles. The molecule has 0 bridgehead atoms. The van der Waals surface area contributed by atoms with Crippen molar-refractivity contribution in [1.82, 2.24) is 9.47 Å². The van der Waals surface area contributed by atoms with Gasteiger partial charge >= 0.3 is 0 Å². The lowest BCUT2D eigenvalue weighted by molar-refractivity contribution is -0.133. The van der Waals surface area contributed by atoms with Crippen LogP contribution in [0.5, 0.6) is 5.75 Å². The van der Waals surface area contributed by atoms with Gasteiger partial charge in [-0.05, 0) is 36.5 Å². The Balaban J connectivity index is 1.94. The molecule has 30 heavy (non-hydrogen) atoms. The minimum absolute atomic E-state index is 0.0715. The van der Waals surface area contributed by atoms with E-state index in [1.807, 2.05) is 15.7 Å². The molecular weight excluding hydrogens is 422 g/mol. The van der Waals surface area contributed by atoms with E-state index in [-0.39, 0.29) is 11.3 Å². The maximum Gasteiger partial charge on any atom is 0.283 e. The number of thiazole rings is 1. The molecule has 162 valence electrons. The van der Waals surface area contributed by atoms with Crippen molar-refractivity contribution in [2.45, 2.75) is 52.0 Å². The van der Waals surface area contributed by atoms with Crippen molar-refractivity contribution >= 4 is 34.8 Å². The number of benzene rings is 1. The van der Waals surface area contributed by atoms with Crippen LogP contribution in [0.3, 0.4) is 0 Å². The van der Waals surface area contributed by atoms with Gasteiger partial charge in [0, 0.05) is 42.2 Å². The standard InChI is InChI=1S/C22H28ClN3O3S/c1-22(2,3)18-14-26(12-11-25-10-6-5-7-19(25)27)21(30-18)24-20(28)16-13-15(23)8-9-17(16)29-4/h8-9,13-14H,5-7,10-12H2,1-4H3/b24-21-. The van der Waals surface area contributed by atoms with E-state index < -0.39 is 5.91 Å². The smallest absolute Gasteiger partial charge is 0.283 e. The summed E-state index contributed by atoms with van der Waals surface area (Å²) in [5, 5.41) is 0.451. The van der Waals surface area contributed by atoms with Gasteiger partial charge in [0.25, 0.3) is 5.91 Å². The van der Waals surface area contributed by atoms with Crippen LogP contribution in [0, 0.1) is 0 Å². The SMILES string of the molecule is COc1ccc(Cl)cc1C(=O)/N=c1\sc(C(C)(C)C)cn1CCN1CCCCC1=O. The molecule has 0 aliphatic carbocycles. The summed E-state index contributed by atoms with van der Waals surface area (Å²) in [5.41, 5.74) is 0.256. The number of piperidine rings is 1. The zero-order valence-electron chi connectivity index (χ0n) is 17.9. The topological polar surface area (TPSA) is 63.9 Å². The lowest BCUT2D eigenvalue weighted by atomic mass is 9.95. The average molecular weight is 450 g/mol. The van der Waals surface area contributed by atoms with Crippen molar-refractivity contribution in [2.75, 3.05) is 20.2 Å². The molecule has 0 N–H and O–H groups in total. The summed E-state index contributed by atoms with van der Waals surface area (Å²) in [6, 6.07) is 4.91. The van der Waals surface area contributed by atoms with Crippen LogP contribution in [-0.2, 0) is 16.8 Å². The van der Waals surface area contributed by atoms with Crippen LogP contribution in [0.2, 0.25) is 5.02 Å². The van der Waals surface area contributed by atoms with Gasteiger partial charge in [-0.3, -0.25) is 9.59 Å². The largest absolute Gasteiger partial charge is 0.496 e. The first kappa shape index (κ1) is 22.6. The molecule has 1 fully saturated rings. The summed E-state index contributed by atoms with van der Waals surface area (Å²) in [6.45, 7) is 8.38. The van der Waals surface area contributed by atoms with Gasteiger partial charge in [0.15, 0.2) is 4.80 Å². The van der Waals surface area contributed by atoms with Gasteiger partial charge in [-0.2, -0.15) is 4.99 Å². The summed E-state index contributed by atoms with van der Waals surface area (Å²) in [7, 11) is 1.51. The fraction of sp³-hybridized carbons (Fsp3) is 0.500. The molecule has 1 aliphatic rings. The monoisotopic (exact) mass is 449 g/mol. The van der Waals surface area contributed by atoms with Crippen LogP contribution in [0.15, 0.2) is 29.4 Å². The number of likely N-dealkylation sites (tertiary alicyclic amines) is 1. The summed E-state index contributed by atoms with van der Waals surface area (Å²) in [6.07, 6.45) is 4.66. The number of nitrogens with zero attached hydrogens (tertiary/aromatic N) is 3. The van der Waals surface area contributed by atoms with Crippen LogP contribution in [0.4, 0.5) is 0 Å². The van der Waals surface area contributed by atoms with Crippen molar-refractivity contribution in [3.05, 3.63) is 44.7 Å². The molecule has 2 aromatic rings. The van der Waals surface area contributed by atoms with Crippen molar-refractivity contribution in [1.29, 1.82) is 0 Å². The quantitative estimate of drug-likeness (QED) is 0.684. The van der Waals surface area contributed by atoms with Gasteiger partial charge in [0.05, 0.1) is 12.7 Å². The number of hydrogen-bond donors (Lipinski definition) is 0. The second-order valence-electron chi connectivity index (χ2n) is 8.42. The second kappa shape index (κ2) is 9.35. The Labute approximate surface area is 186 Å². The first-order valence-corrected chi connectivity index (χ1v) is 11.3. The Morgan fingerprint density at radius 3 is 2.70 bits per heavy atom. The molecule has 0 unspecified atom stereocenters. The van der Waals surface area contributed by atoms with Crippen LogP contribution < -0.4 is 9.54 Å². The molecule has 2 heterocycles. The molecular formula is C22H28ClN3O3S. The number of rotatable bonds is 5. The lowest BCUT2D eigenvalue weighted by Gasteiger charge is -2.26. The summed E-state index contributed by atoms with van der Waals surface area (Å²) < 4.78 is 7.27. The molecule has 0 radical (unpaired) electrons. The Morgan fingerprint density at radius 2 is 2.03 bits per heavy atom. The summed E-state index contributed by atoms with van der Waals surface area (Å²) >= 11 is 7.57. The molecule has 0 saturated carbocycles. The predicted molar refractivity (Wildman–Crippen MR) is 119 cm³/mol. The third kappa shape index (κ3) is 5.32. The highest BCUT2D eigenvalue weighted by Gasteiger charge is 2.21. The number of carbonyl (C=O) groups is 2. The van der Waals surface area contributed by atoms with Gasteiger partial charge in [0.2, 0.25) is 5.91 Å². The molecule has 1 aliphatic heterocycles. The third-order valence-corrected chi connectivity index (χ3v) is 6.76. The minimum Gasteiger partial charge on any atom is -0.496 e. The number of halogens is 1. The maximum absolute atomic E-state index is 12.9. The third-order valence-electron chi connectivity index (χ3n) is 5.08. The molecule has 0 spiro atoms. The zero-order valence-corrected chi connectivity index (χ0v) is 19.5. The minimum atomic E-state index is -0.403. The second-order valence-corrected chi connectivity index (χ2v) is 9.87.